The fourth-order valence-corrected chi connectivity index (χ4v) is 3.18. The molecule has 0 aromatic rings. The Labute approximate surface area is 91.6 Å². The highest BCUT2D eigenvalue weighted by Crippen LogP contribution is 2.35. The normalized spacial score (nSPS) is 32.9. The molecule has 2 aliphatic rings. The van der Waals surface area contributed by atoms with E-state index in [1.54, 1.807) is 0 Å². The molecule has 15 heavy (non-hydrogen) atoms. The van der Waals surface area contributed by atoms with Gasteiger partial charge >= 0.3 is 5.97 Å². The molecule has 1 aliphatic carbocycles. The van der Waals surface area contributed by atoms with Crippen molar-refractivity contribution in [1.29, 1.82) is 0 Å². The summed E-state index contributed by atoms with van der Waals surface area (Å²) in [6, 6.07) is -0.0295. The summed E-state index contributed by atoms with van der Waals surface area (Å²) < 4.78 is 4.85. The Kier molecular flexibility index (Phi) is 3.62. The first-order chi connectivity index (χ1) is 7.33. The number of ether oxygens (including phenoxy) is 1. The Morgan fingerprint density at radius 3 is 2.60 bits per heavy atom. The molecule has 3 nitrogen and oxygen atoms in total. The Morgan fingerprint density at radius 2 is 1.93 bits per heavy atom. The number of methoxy groups -OCH3 is 1. The maximum Gasteiger partial charge on any atom is 0.323 e. The molecule has 1 heterocycles. The van der Waals surface area contributed by atoms with Crippen LogP contribution in [0.3, 0.4) is 0 Å². The monoisotopic (exact) mass is 211 g/mol. The number of nitrogens with one attached hydrogen (secondary N) is 1. The van der Waals surface area contributed by atoms with Gasteiger partial charge in [-0.15, -0.1) is 0 Å². The molecule has 0 aromatic heterocycles. The second-order valence-electron chi connectivity index (χ2n) is 4.81. The first-order valence-corrected chi connectivity index (χ1v) is 6.14. The highest BCUT2D eigenvalue weighted by atomic mass is 16.5. The van der Waals surface area contributed by atoms with Crippen LogP contribution in [0.25, 0.3) is 0 Å². The molecule has 2 atom stereocenters. The van der Waals surface area contributed by atoms with Crippen LogP contribution in [0.4, 0.5) is 0 Å². The van der Waals surface area contributed by atoms with Gasteiger partial charge in [0.2, 0.25) is 0 Å². The maximum atomic E-state index is 11.6. The SMILES string of the molecule is COC(=O)C1NCCC1C1CCCCC1. The van der Waals surface area contributed by atoms with E-state index in [0.29, 0.717) is 5.92 Å². The lowest BCUT2D eigenvalue weighted by molar-refractivity contribution is -0.144. The summed E-state index contributed by atoms with van der Waals surface area (Å²) >= 11 is 0. The summed E-state index contributed by atoms with van der Waals surface area (Å²) in [4.78, 5) is 11.6. The van der Waals surface area contributed by atoms with Crippen LogP contribution in [0, 0.1) is 11.8 Å². The Morgan fingerprint density at radius 1 is 1.20 bits per heavy atom. The van der Waals surface area contributed by atoms with Crippen LogP contribution in [0.15, 0.2) is 0 Å². The van der Waals surface area contributed by atoms with Crippen LogP contribution in [-0.2, 0) is 9.53 Å². The topological polar surface area (TPSA) is 38.3 Å². The van der Waals surface area contributed by atoms with Crippen LogP contribution < -0.4 is 5.32 Å². The third-order valence-corrected chi connectivity index (χ3v) is 3.98. The van der Waals surface area contributed by atoms with Gasteiger partial charge in [-0.1, -0.05) is 32.1 Å². The van der Waals surface area contributed by atoms with E-state index in [1.807, 2.05) is 0 Å². The summed E-state index contributed by atoms with van der Waals surface area (Å²) in [5, 5.41) is 3.28. The molecule has 0 aromatic carbocycles. The number of hydrogen-bond acceptors (Lipinski definition) is 3. The molecule has 0 spiro atoms. The lowest BCUT2D eigenvalue weighted by Crippen LogP contribution is -2.39. The molecule has 1 saturated carbocycles. The van der Waals surface area contributed by atoms with Crippen molar-refractivity contribution < 1.29 is 9.53 Å². The zero-order valence-electron chi connectivity index (χ0n) is 9.50. The largest absolute Gasteiger partial charge is 0.468 e. The first kappa shape index (κ1) is 10.9. The van der Waals surface area contributed by atoms with Crippen LogP contribution in [-0.4, -0.2) is 25.7 Å². The third-order valence-electron chi connectivity index (χ3n) is 3.98. The molecule has 1 saturated heterocycles. The summed E-state index contributed by atoms with van der Waals surface area (Å²) in [6.07, 6.45) is 7.81. The number of carbonyl (C=O) groups is 1. The third kappa shape index (κ3) is 2.33. The standard InChI is InChI=1S/C12H21NO2/c1-15-12(14)11-10(7-8-13-11)9-5-3-2-4-6-9/h9-11,13H,2-8H2,1H3. The molecule has 2 rings (SSSR count). The highest BCUT2D eigenvalue weighted by molar-refractivity contribution is 5.76. The molecule has 2 unspecified atom stereocenters. The number of carbonyl (C=O) groups excluding carboxylic acids is 1. The van der Waals surface area contributed by atoms with E-state index < -0.39 is 0 Å². The van der Waals surface area contributed by atoms with Crippen molar-refractivity contribution in [3.05, 3.63) is 0 Å². The minimum Gasteiger partial charge on any atom is -0.468 e. The summed E-state index contributed by atoms with van der Waals surface area (Å²) in [5.74, 6) is 1.21. The van der Waals surface area contributed by atoms with Crippen molar-refractivity contribution in [3.8, 4) is 0 Å². The predicted molar refractivity (Wildman–Crippen MR) is 58.5 cm³/mol. The molecule has 0 radical (unpaired) electrons. The molecule has 2 fully saturated rings. The van der Waals surface area contributed by atoms with E-state index in [9.17, 15) is 4.79 Å². The van der Waals surface area contributed by atoms with E-state index in [0.717, 1.165) is 18.9 Å². The van der Waals surface area contributed by atoms with E-state index in [-0.39, 0.29) is 12.0 Å². The summed E-state index contributed by atoms with van der Waals surface area (Å²) in [6.45, 7) is 0.973. The van der Waals surface area contributed by atoms with Crippen molar-refractivity contribution in [2.24, 2.45) is 11.8 Å². The Hall–Kier alpha value is -0.570. The highest BCUT2D eigenvalue weighted by Gasteiger charge is 2.38. The van der Waals surface area contributed by atoms with Gasteiger partial charge in [0.15, 0.2) is 0 Å². The fraction of sp³-hybridized carbons (Fsp3) is 0.917. The molecule has 86 valence electrons. The summed E-state index contributed by atoms with van der Waals surface area (Å²) in [5.41, 5.74) is 0. The lowest BCUT2D eigenvalue weighted by Gasteiger charge is -2.30. The second-order valence-corrected chi connectivity index (χ2v) is 4.81. The van der Waals surface area contributed by atoms with Crippen LogP contribution in [0.5, 0.6) is 0 Å². The Bertz CT molecular complexity index is 224. The van der Waals surface area contributed by atoms with Gasteiger partial charge in [-0.05, 0) is 24.8 Å². The van der Waals surface area contributed by atoms with Gasteiger partial charge < -0.3 is 10.1 Å². The number of hydrogen-bond donors (Lipinski definition) is 1. The van der Waals surface area contributed by atoms with E-state index in [1.165, 1.54) is 39.2 Å². The zero-order chi connectivity index (χ0) is 10.7. The minimum absolute atomic E-state index is 0.0295. The van der Waals surface area contributed by atoms with E-state index in [4.69, 9.17) is 4.74 Å². The lowest BCUT2D eigenvalue weighted by atomic mass is 9.77. The molecule has 1 aliphatic heterocycles. The average Bonchev–Trinajstić information content (AvgIpc) is 2.78. The smallest absolute Gasteiger partial charge is 0.323 e. The fourth-order valence-electron chi connectivity index (χ4n) is 3.18. The van der Waals surface area contributed by atoms with Gasteiger partial charge in [-0.25, -0.2) is 0 Å². The van der Waals surface area contributed by atoms with Crippen molar-refractivity contribution in [2.75, 3.05) is 13.7 Å². The van der Waals surface area contributed by atoms with Gasteiger partial charge in [0.1, 0.15) is 6.04 Å². The van der Waals surface area contributed by atoms with Crippen molar-refractivity contribution in [2.45, 2.75) is 44.6 Å². The molecule has 1 N–H and O–H groups in total. The molecule has 0 amide bonds. The van der Waals surface area contributed by atoms with Gasteiger partial charge in [-0.2, -0.15) is 0 Å². The van der Waals surface area contributed by atoms with Crippen molar-refractivity contribution >= 4 is 5.97 Å². The van der Waals surface area contributed by atoms with Crippen molar-refractivity contribution in [3.63, 3.8) is 0 Å². The molecule has 3 heteroatoms. The summed E-state index contributed by atoms with van der Waals surface area (Å²) in [7, 11) is 1.49. The van der Waals surface area contributed by atoms with Gasteiger partial charge in [0.05, 0.1) is 7.11 Å². The maximum absolute atomic E-state index is 11.6. The van der Waals surface area contributed by atoms with Gasteiger partial charge in [0.25, 0.3) is 0 Å². The van der Waals surface area contributed by atoms with Gasteiger partial charge in [-0.3, -0.25) is 4.79 Å². The molecule has 0 bridgehead atoms. The Balaban J connectivity index is 1.97. The second kappa shape index (κ2) is 4.97. The van der Waals surface area contributed by atoms with E-state index in [2.05, 4.69) is 5.32 Å². The molecular weight excluding hydrogens is 190 g/mol. The molecular formula is C12H21NO2. The van der Waals surface area contributed by atoms with Gasteiger partial charge in [0, 0.05) is 0 Å². The average molecular weight is 211 g/mol. The first-order valence-electron chi connectivity index (χ1n) is 6.14. The van der Waals surface area contributed by atoms with Crippen LogP contribution >= 0.6 is 0 Å². The number of esters is 1. The van der Waals surface area contributed by atoms with Crippen molar-refractivity contribution in [1.82, 2.24) is 5.32 Å². The quantitative estimate of drug-likeness (QED) is 0.707. The zero-order valence-corrected chi connectivity index (χ0v) is 9.50. The predicted octanol–water partition coefficient (Wildman–Crippen LogP) is 1.72. The van der Waals surface area contributed by atoms with Crippen LogP contribution in [0.1, 0.15) is 38.5 Å². The number of rotatable bonds is 2. The van der Waals surface area contributed by atoms with E-state index >= 15 is 0 Å². The minimum atomic E-state index is -0.0666. The van der Waals surface area contributed by atoms with Crippen LogP contribution in [0.2, 0.25) is 0 Å².